The maximum atomic E-state index is 11.0. The summed E-state index contributed by atoms with van der Waals surface area (Å²) in [5.41, 5.74) is 1.08. The Morgan fingerprint density at radius 2 is 1.86 bits per heavy atom. The van der Waals surface area contributed by atoms with Gasteiger partial charge < -0.3 is 9.84 Å². The summed E-state index contributed by atoms with van der Waals surface area (Å²) in [6, 6.07) is 13.1. The molecule has 0 bridgehead atoms. The number of ether oxygens (including phenoxy) is 1. The summed E-state index contributed by atoms with van der Waals surface area (Å²) in [7, 11) is 0. The van der Waals surface area contributed by atoms with Crippen molar-refractivity contribution in [1.82, 2.24) is 0 Å². The summed E-state index contributed by atoms with van der Waals surface area (Å²) in [5, 5.41) is 28.6. The number of hydrogen-bond donors (Lipinski definition) is 1. The van der Waals surface area contributed by atoms with Crippen molar-refractivity contribution in [2.75, 3.05) is 0 Å². The maximum Gasteiger partial charge on any atom is 0.311 e. The van der Waals surface area contributed by atoms with E-state index >= 15 is 0 Å². The van der Waals surface area contributed by atoms with Crippen LogP contribution in [0.25, 0.3) is 0 Å². The lowest BCUT2D eigenvalue weighted by molar-refractivity contribution is -0.385. The molecule has 1 N–H and O–H groups in total. The first-order chi connectivity index (χ1) is 10.1. The lowest BCUT2D eigenvalue weighted by Crippen LogP contribution is -1.95. The van der Waals surface area contributed by atoms with Crippen molar-refractivity contribution in [3.05, 3.63) is 63.7 Å². The van der Waals surface area contributed by atoms with Crippen LogP contribution in [0, 0.1) is 21.4 Å². The van der Waals surface area contributed by atoms with E-state index in [0.29, 0.717) is 17.7 Å². The third kappa shape index (κ3) is 3.55. The molecule has 0 aliphatic heterocycles. The Morgan fingerprint density at radius 1 is 1.19 bits per heavy atom. The van der Waals surface area contributed by atoms with Crippen LogP contribution in [0.2, 0.25) is 0 Å². The zero-order valence-corrected chi connectivity index (χ0v) is 11.0. The van der Waals surface area contributed by atoms with Crippen molar-refractivity contribution in [2.45, 2.75) is 13.0 Å². The molecule has 2 rings (SSSR count). The fourth-order valence-electron chi connectivity index (χ4n) is 1.78. The van der Waals surface area contributed by atoms with Gasteiger partial charge in [-0.25, -0.2) is 0 Å². The number of hydrogen-bond acceptors (Lipinski definition) is 5. The van der Waals surface area contributed by atoms with Crippen molar-refractivity contribution >= 4 is 5.69 Å². The first kappa shape index (κ1) is 14.5. The first-order valence-electron chi connectivity index (χ1n) is 6.16. The normalized spacial score (nSPS) is 9.90. The van der Waals surface area contributed by atoms with Crippen molar-refractivity contribution < 1.29 is 14.8 Å². The van der Waals surface area contributed by atoms with E-state index < -0.39 is 4.92 Å². The fourth-order valence-corrected chi connectivity index (χ4v) is 1.78. The Bertz CT molecular complexity index is 690. The van der Waals surface area contributed by atoms with E-state index in [9.17, 15) is 10.1 Å². The van der Waals surface area contributed by atoms with E-state index in [-0.39, 0.29) is 18.0 Å². The third-order valence-electron chi connectivity index (χ3n) is 2.84. The minimum Gasteiger partial charge on any atom is -0.450 e. The molecule has 0 amide bonds. The van der Waals surface area contributed by atoms with E-state index in [1.54, 1.807) is 30.3 Å². The van der Waals surface area contributed by atoms with Crippen LogP contribution in [0.15, 0.2) is 42.5 Å². The van der Waals surface area contributed by atoms with Gasteiger partial charge in [0, 0.05) is 6.07 Å². The van der Waals surface area contributed by atoms with Crippen LogP contribution >= 0.6 is 0 Å². The number of nitriles is 1. The van der Waals surface area contributed by atoms with Crippen molar-refractivity contribution in [1.29, 1.82) is 5.26 Å². The number of benzene rings is 2. The molecule has 0 unspecified atom stereocenters. The molecule has 21 heavy (non-hydrogen) atoms. The van der Waals surface area contributed by atoms with Gasteiger partial charge >= 0.3 is 5.69 Å². The molecule has 0 heterocycles. The van der Waals surface area contributed by atoms with Gasteiger partial charge in [-0.05, 0) is 29.3 Å². The van der Waals surface area contributed by atoms with Gasteiger partial charge in [0.15, 0.2) is 0 Å². The number of aliphatic hydroxyl groups excluding tert-OH is 1. The Balaban J connectivity index is 2.26. The van der Waals surface area contributed by atoms with E-state index in [0.717, 1.165) is 5.56 Å². The summed E-state index contributed by atoms with van der Waals surface area (Å²) >= 11 is 0. The van der Waals surface area contributed by atoms with Crippen molar-refractivity contribution in [2.24, 2.45) is 0 Å². The molecule has 0 saturated heterocycles. The topological polar surface area (TPSA) is 96.4 Å². The average molecular weight is 284 g/mol. The molecule has 6 heteroatoms. The smallest absolute Gasteiger partial charge is 0.311 e. The third-order valence-corrected chi connectivity index (χ3v) is 2.84. The second-order valence-electron chi connectivity index (χ2n) is 4.30. The molecule has 0 atom stereocenters. The van der Waals surface area contributed by atoms with Gasteiger partial charge in [-0.3, -0.25) is 10.1 Å². The summed E-state index contributed by atoms with van der Waals surface area (Å²) in [6.07, 6.45) is 0.297. The predicted molar refractivity (Wildman–Crippen MR) is 74.9 cm³/mol. The molecule has 0 aromatic heterocycles. The zero-order valence-electron chi connectivity index (χ0n) is 11.0. The quantitative estimate of drug-likeness (QED) is 0.672. The van der Waals surface area contributed by atoms with E-state index in [1.165, 1.54) is 12.1 Å². The molecule has 0 aliphatic rings. The second kappa shape index (κ2) is 6.50. The van der Waals surface area contributed by atoms with E-state index in [4.69, 9.17) is 15.1 Å². The highest BCUT2D eigenvalue weighted by Gasteiger charge is 2.16. The first-order valence-corrected chi connectivity index (χ1v) is 6.16. The average Bonchev–Trinajstić information content (AvgIpc) is 2.49. The molecular formula is C15H12N2O4. The Kier molecular flexibility index (Phi) is 4.49. The number of rotatable bonds is 5. The molecule has 2 aromatic carbocycles. The van der Waals surface area contributed by atoms with Crippen molar-refractivity contribution in [3.63, 3.8) is 0 Å². The van der Waals surface area contributed by atoms with Crippen LogP contribution < -0.4 is 4.74 Å². The second-order valence-corrected chi connectivity index (χ2v) is 4.30. The van der Waals surface area contributed by atoms with Crippen LogP contribution in [-0.4, -0.2) is 10.0 Å². The van der Waals surface area contributed by atoms with Crippen LogP contribution in [0.4, 0.5) is 5.69 Å². The standard InChI is InChI=1S/C15H12N2O4/c16-8-7-11-1-4-13(5-2-11)21-15-6-3-12(10-18)9-14(15)17(19)20/h1-6,9,18H,7,10H2. The molecule has 0 radical (unpaired) electrons. The predicted octanol–water partition coefficient (Wildman–Crippen LogP) is 2.95. The molecule has 0 fully saturated rings. The zero-order chi connectivity index (χ0) is 15.2. The van der Waals surface area contributed by atoms with Crippen LogP contribution in [0.5, 0.6) is 11.5 Å². The lowest BCUT2D eigenvalue weighted by Gasteiger charge is -2.07. The number of aliphatic hydroxyl groups is 1. The molecule has 0 aliphatic carbocycles. The molecule has 0 saturated carbocycles. The fraction of sp³-hybridized carbons (Fsp3) is 0.133. The summed E-state index contributed by atoms with van der Waals surface area (Å²) < 4.78 is 5.50. The molecule has 6 nitrogen and oxygen atoms in total. The number of nitro groups is 1. The monoisotopic (exact) mass is 284 g/mol. The number of nitrogens with zero attached hydrogens (tertiary/aromatic N) is 2. The Labute approximate surface area is 121 Å². The van der Waals surface area contributed by atoms with E-state index in [2.05, 4.69) is 0 Å². The van der Waals surface area contributed by atoms with Crippen LogP contribution in [0.1, 0.15) is 11.1 Å². The summed E-state index contributed by atoms with van der Waals surface area (Å²) in [5.74, 6) is 0.543. The van der Waals surface area contributed by atoms with Gasteiger partial charge in [0.1, 0.15) is 5.75 Å². The molecule has 2 aromatic rings. The minimum absolute atomic E-state index is 0.102. The van der Waals surface area contributed by atoms with E-state index in [1.807, 2.05) is 6.07 Å². The highest BCUT2D eigenvalue weighted by molar-refractivity contribution is 5.50. The summed E-state index contributed by atoms with van der Waals surface area (Å²) in [6.45, 7) is -0.274. The lowest BCUT2D eigenvalue weighted by atomic mass is 10.1. The van der Waals surface area contributed by atoms with Crippen LogP contribution in [0.3, 0.4) is 0 Å². The SMILES string of the molecule is N#CCc1ccc(Oc2ccc(CO)cc2[N+](=O)[O-])cc1. The van der Waals surface area contributed by atoms with Gasteiger partial charge in [0.25, 0.3) is 0 Å². The van der Waals surface area contributed by atoms with Crippen LogP contribution in [-0.2, 0) is 13.0 Å². The highest BCUT2D eigenvalue weighted by atomic mass is 16.6. The highest BCUT2D eigenvalue weighted by Crippen LogP contribution is 2.32. The Morgan fingerprint density at radius 3 is 2.43 bits per heavy atom. The van der Waals surface area contributed by atoms with Crippen molar-refractivity contribution in [3.8, 4) is 17.6 Å². The maximum absolute atomic E-state index is 11.0. The molecule has 0 spiro atoms. The number of nitro benzene ring substituents is 1. The summed E-state index contributed by atoms with van der Waals surface area (Å²) in [4.78, 5) is 10.5. The molecule has 106 valence electrons. The minimum atomic E-state index is -0.557. The van der Waals surface area contributed by atoms with Gasteiger partial charge in [-0.1, -0.05) is 18.2 Å². The van der Waals surface area contributed by atoms with Gasteiger partial charge in [-0.2, -0.15) is 5.26 Å². The Hall–Kier alpha value is -2.91. The molecular weight excluding hydrogens is 272 g/mol. The van der Waals surface area contributed by atoms with Gasteiger partial charge in [-0.15, -0.1) is 0 Å². The largest absolute Gasteiger partial charge is 0.450 e. The van der Waals surface area contributed by atoms with Gasteiger partial charge in [0.05, 0.1) is 24.0 Å². The van der Waals surface area contributed by atoms with Gasteiger partial charge in [0.2, 0.25) is 5.75 Å².